The van der Waals surface area contributed by atoms with E-state index < -0.39 is 10.1 Å². The SMILES string of the molecule is CCN1C(=CC2=CC(=Cc3[se]c4ccccc4[n+]3CCCS(=O)(=O)O)CC(C)(C)C2)[Se]c2ccccc21. The molecular weight excluding hydrogens is 614 g/mol. The zero-order chi connectivity index (χ0) is 26.2. The third-order valence-corrected chi connectivity index (χ3v) is 12.2. The number of benzene rings is 2. The van der Waals surface area contributed by atoms with Gasteiger partial charge in [0.2, 0.25) is 0 Å². The second kappa shape index (κ2) is 10.7. The minimum absolute atomic E-state index is 0.158. The number of allylic oxidation sites excluding steroid dienone is 4. The first-order valence-corrected chi connectivity index (χ1v) is 17.7. The third kappa shape index (κ3) is 6.22. The second-order valence-corrected chi connectivity index (χ2v) is 16.5. The van der Waals surface area contributed by atoms with Crippen LogP contribution < -0.4 is 13.9 Å². The maximum atomic E-state index is 11.3. The molecule has 0 atom stereocenters. The summed E-state index contributed by atoms with van der Waals surface area (Å²) in [4.78, 5) is 2.46. The molecule has 8 heteroatoms. The number of hydrogen-bond acceptors (Lipinski definition) is 3. The molecule has 1 N–H and O–H groups in total. The summed E-state index contributed by atoms with van der Waals surface area (Å²) < 4.78 is 39.6. The van der Waals surface area contributed by atoms with Crippen molar-refractivity contribution in [2.75, 3.05) is 17.2 Å². The van der Waals surface area contributed by atoms with Gasteiger partial charge in [-0.25, -0.2) is 0 Å². The Morgan fingerprint density at radius 3 is 2.62 bits per heavy atom. The number of rotatable bonds is 7. The number of anilines is 1. The molecule has 5 nitrogen and oxygen atoms in total. The van der Waals surface area contributed by atoms with E-state index in [0.717, 1.165) is 24.9 Å². The fraction of sp³-hybridized carbons (Fsp3) is 0.345. The van der Waals surface area contributed by atoms with Gasteiger partial charge in [0.1, 0.15) is 0 Å². The van der Waals surface area contributed by atoms with E-state index in [1.54, 1.807) is 0 Å². The fourth-order valence-electron chi connectivity index (χ4n) is 5.29. The number of aryl methyl sites for hydroxylation is 1. The van der Waals surface area contributed by atoms with Crippen LogP contribution in [0.15, 0.2) is 76.4 Å². The quantitative estimate of drug-likeness (QED) is 0.236. The van der Waals surface area contributed by atoms with Gasteiger partial charge >= 0.3 is 233 Å². The van der Waals surface area contributed by atoms with Gasteiger partial charge in [-0.15, -0.1) is 0 Å². The molecule has 0 fully saturated rings. The normalized spacial score (nSPS) is 19.6. The Hall–Kier alpha value is -1.92. The summed E-state index contributed by atoms with van der Waals surface area (Å²) in [5.74, 6) is -0.217. The van der Waals surface area contributed by atoms with Crippen LogP contribution in [0.4, 0.5) is 5.69 Å². The Bertz CT molecular complexity index is 1530. The number of fused-ring (bicyclic) bond motifs is 2. The molecule has 2 aromatic carbocycles. The standard InChI is InChI=1S/C29H32N2O3SSe2/c1-4-30-23-10-5-7-12-25(23)36-27(30)17-21-16-22(20-29(2,3)19-21)18-28-31(14-9-15-35(32,33)34)24-11-6-8-13-26(24)37-28/h5-8,10-13,16-18H,4,9,14-15,19-20H2,1-3H3/p+1. The minimum atomic E-state index is -3.96. The first kappa shape index (κ1) is 26.7. The molecular formula is C29H33N2O3SSe2+. The van der Waals surface area contributed by atoms with Gasteiger partial charge in [0.05, 0.1) is 0 Å². The Kier molecular flexibility index (Phi) is 7.70. The fourth-order valence-corrected chi connectivity index (χ4v) is 10.8. The molecule has 2 heterocycles. The van der Waals surface area contributed by atoms with Crippen molar-refractivity contribution in [2.45, 2.75) is 46.6 Å². The van der Waals surface area contributed by atoms with Crippen molar-refractivity contribution in [3.05, 3.63) is 81.0 Å². The summed E-state index contributed by atoms with van der Waals surface area (Å²) in [6, 6.07) is 17.2. The molecule has 3 aromatic rings. The number of para-hydroxylation sites is 2. The van der Waals surface area contributed by atoms with Gasteiger partial charge in [-0.3, -0.25) is 0 Å². The monoisotopic (exact) mass is 649 g/mol. The Labute approximate surface area is 232 Å². The van der Waals surface area contributed by atoms with Gasteiger partial charge in [0.15, 0.2) is 0 Å². The Morgan fingerprint density at radius 1 is 1.08 bits per heavy atom. The topological polar surface area (TPSA) is 61.5 Å². The van der Waals surface area contributed by atoms with Crippen molar-refractivity contribution in [1.82, 2.24) is 0 Å². The molecule has 0 radical (unpaired) electrons. The average molecular weight is 648 g/mol. The van der Waals surface area contributed by atoms with E-state index in [4.69, 9.17) is 0 Å². The summed E-state index contributed by atoms with van der Waals surface area (Å²) in [6.07, 6.45) is 9.62. The first-order valence-electron chi connectivity index (χ1n) is 12.7. The Morgan fingerprint density at radius 2 is 1.84 bits per heavy atom. The zero-order valence-corrected chi connectivity index (χ0v) is 25.7. The molecule has 0 bridgehead atoms. The van der Waals surface area contributed by atoms with Crippen LogP contribution in [0, 0.1) is 5.41 Å². The maximum absolute atomic E-state index is 11.3. The number of hydrogen-bond donors (Lipinski definition) is 1. The molecule has 0 saturated carbocycles. The second-order valence-electron chi connectivity index (χ2n) is 10.5. The van der Waals surface area contributed by atoms with Gasteiger partial charge in [0.25, 0.3) is 0 Å². The van der Waals surface area contributed by atoms with E-state index in [1.807, 2.05) is 6.07 Å². The molecule has 37 heavy (non-hydrogen) atoms. The molecule has 1 aliphatic carbocycles. The van der Waals surface area contributed by atoms with Crippen LogP contribution in [-0.4, -0.2) is 54.7 Å². The summed E-state index contributed by atoms with van der Waals surface area (Å²) in [5.41, 5.74) is 5.39. The molecule has 0 amide bonds. The predicted octanol–water partition coefficient (Wildman–Crippen LogP) is 4.30. The van der Waals surface area contributed by atoms with Crippen molar-refractivity contribution < 1.29 is 17.5 Å². The van der Waals surface area contributed by atoms with Crippen LogP contribution in [0.3, 0.4) is 0 Å². The van der Waals surface area contributed by atoms with Gasteiger partial charge in [-0.2, -0.15) is 0 Å². The van der Waals surface area contributed by atoms with E-state index in [2.05, 4.69) is 90.9 Å². The van der Waals surface area contributed by atoms with Crippen LogP contribution in [-0.2, 0) is 16.7 Å². The van der Waals surface area contributed by atoms with Crippen LogP contribution >= 0.6 is 0 Å². The van der Waals surface area contributed by atoms with Crippen molar-refractivity contribution in [1.29, 1.82) is 0 Å². The van der Waals surface area contributed by atoms with E-state index in [-0.39, 0.29) is 25.7 Å². The Balaban J connectivity index is 1.50. The summed E-state index contributed by atoms with van der Waals surface area (Å²) in [6.45, 7) is 8.47. The van der Waals surface area contributed by atoms with Crippen LogP contribution in [0.25, 0.3) is 15.9 Å². The molecule has 1 aliphatic heterocycles. The predicted molar refractivity (Wildman–Crippen MR) is 154 cm³/mol. The van der Waals surface area contributed by atoms with Gasteiger partial charge in [-0.05, 0) is 0 Å². The van der Waals surface area contributed by atoms with E-state index in [0.29, 0.717) is 27.9 Å². The summed E-state index contributed by atoms with van der Waals surface area (Å²) in [7, 11) is -3.96. The number of nitrogens with zero attached hydrogens (tertiary/aromatic N) is 2. The number of aromatic nitrogens is 1. The molecule has 0 spiro atoms. The molecule has 0 saturated heterocycles. The first-order chi connectivity index (χ1) is 17.6. The molecule has 194 valence electrons. The van der Waals surface area contributed by atoms with Gasteiger partial charge < -0.3 is 0 Å². The van der Waals surface area contributed by atoms with Crippen molar-refractivity contribution >= 4 is 65.6 Å². The zero-order valence-electron chi connectivity index (χ0n) is 21.5. The van der Waals surface area contributed by atoms with E-state index in [1.165, 1.54) is 34.7 Å². The average Bonchev–Trinajstić information content (AvgIpc) is 3.34. The van der Waals surface area contributed by atoms with Gasteiger partial charge in [-0.1, -0.05) is 0 Å². The van der Waals surface area contributed by atoms with Crippen LogP contribution in [0.2, 0.25) is 0 Å². The van der Waals surface area contributed by atoms with E-state index in [9.17, 15) is 13.0 Å². The van der Waals surface area contributed by atoms with E-state index >= 15 is 0 Å². The molecule has 5 rings (SSSR count). The van der Waals surface area contributed by atoms with Crippen molar-refractivity contribution in [3.63, 3.8) is 0 Å². The van der Waals surface area contributed by atoms with Gasteiger partial charge in [0, 0.05) is 0 Å². The van der Waals surface area contributed by atoms with Crippen LogP contribution in [0.5, 0.6) is 0 Å². The van der Waals surface area contributed by atoms with Crippen LogP contribution in [0.1, 0.15) is 44.6 Å². The van der Waals surface area contributed by atoms with Crippen molar-refractivity contribution in [2.24, 2.45) is 5.41 Å². The summed E-state index contributed by atoms with van der Waals surface area (Å²) in [5, 5.41) is 0. The van der Waals surface area contributed by atoms with Crippen molar-refractivity contribution in [3.8, 4) is 0 Å². The summed E-state index contributed by atoms with van der Waals surface area (Å²) >= 11 is 0.471. The molecule has 1 aromatic heterocycles. The molecule has 2 aliphatic rings. The molecule has 0 unspecified atom stereocenters. The third-order valence-electron chi connectivity index (χ3n) is 6.73.